The number of amides is 4. The number of carbonyl (C=O) groups excluding carboxylic acids is 4. The first-order valence-electron chi connectivity index (χ1n) is 18.0. The number of aromatic hydroxyl groups is 1. The molecule has 3 aromatic carbocycles. The number of fused-ring (bicyclic) bond motifs is 1. The minimum absolute atomic E-state index is 0.0257. The van der Waals surface area contributed by atoms with E-state index in [-0.39, 0.29) is 48.6 Å². The van der Waals surface area contributed by atoms with Gasteiger partial charge in [-0.15, -0.1) is 0 Å². The smallest absolute Gasteiger partial charge is 0.243 e. The third kappa shape index (κ3) is 14.9. The molecule has 18 heteroatoms. The molecule has 1 saturated heterocycles. The molecule has 55 heavy (non-hydrogen) atoms. The van der Waals surface area contributed by atoms with E-state index in [9.17, 15) is 24.3 Å². The van der Waals surface area contributed by atoms with E-state index >= 15 is 0 Å². The van der Waals surface area contributed by atoms with Crippen LogP contribution in [0.3, 0.4) is 0 Å². The van der Waals surface area contributed by atoms with Crippen LogP contribution in [-0.4, -0.2) is 103 Å². The number of nitrogens with two attached hydrogens (primary N) is 4. The molecule has 4 amide bonds. The van der Waals surface area contributed by atoms with Crippen molar-refractivity contribution in [3.05, 3.63) is 77.9 Å². The summed E-state index contributed by atoms with van der Waals surface area (Å²) in [6.07, 6.45) is 1.73. The molecule has 296 valence electrons. The van der Waals surface area contributed by atoms with Gasteiger partial charge in [0, 0.05) is 37.6 Å². The van der Waals surface area contributed by atoms with Crippen molar-refractivity contribution in [2.45, 2.75) is 56.3 Å². The van der Waals surface area contributed by atoms with Gasteiger partial charge in [-0.2, -0.15) is 0 Å². The maximum Gasteiger partial charge on any atom is 0.243 e. The number of phenolic OH excluding ortho intramolecular Hbond substituents is 1. The van der Waals surface area contributed by atoms with Gasteiger partial charge in [0.25, 0.3) is 0 Å². The van der Waals surface area contributed by atoms with Crippen LogP contribution in [0.5, 0.6) is 5.75 Å². The molecule has 0 unspecified atom stereocenters. The fourth-order valence-corrected chi connectivity index (χ4v) is 8.08. The second kappa shape index (κ2) is 22.2. The van der Waals surface area contributed by atoms with Crippen LogP contribution in [0.1, 0.15) is 30.4 Å². The summed E-state index contributed by atoms with van der Waals surface area (Å²) in [5.41, 5.74) is 23.6. The molecule has 4 atom stereocenters. The zero-order valence-corrected chi connectivity index (χ0v) is 32.2. The number of benzene rings is 3. The third-order valence-corrected chi connectivity index (χ3v) is 11.1. The molecular formula is C37H51N11O5S2. The van der Waals surface area contributed by atoms with E-state index < -0.39 is 47.8 Å². The molecule has 16 nitrogen and oxygen atoms in total. The number of guanidine groups is 2. The van der Waals surface area contributed by atoms with Gasteiger partial charge in [-0.3, -0.25) is 29.2 Å². The summed E-state index contributed by atoms with van der Waals surface area (Å²) in [5, 5.41) is 26.4. The number of hydrogen-bond acceptors (Lipinski definition) is 10. The lowest BCUT2D eigenvalue weighted by molar-refractivity contribution is -0.133. The first-order valence-corrected chi connectivity index (χ1v) is 20.5. The summed E-state index contributed by atoms with van der Waals surface area (Å²) in [6, 6.07) is 16.5. The number of nitrogens with zero attached hydrogens (tertiary/aromatic N) is 2. The Kier molecular flexibility index (Phi) is 17.2. The van der Waals surface area contributed by atoms with E-state index in [1.807, 2.05) is 42.5 Å². The van der Waals surface area contributed by atoms with Gasteiger partial charge in [-0.25, -0.2) is 0 Å². The Morgan fingerprint density at radius 3 is 2.11 bits per heavy atom. The monoisotopic (exact) mass is 793 g/mol. The molecule has 4 rings (SSSR count). The maximum absolute atomic E-state index is 14.1. The average molecular weight is 794 g/mol. The van der Waals surface area contributed by atoms with Crippen LogP contribution < -0.4 is 49.5 Å². The van der Waals surface area contributed by atoms with Gasteiger partial charge in [-0.1, -0.05) is 76.2 Å². The van der Waals surface area contributed by atoms with Crippen molar-refractivity contribution in [3.8, 4) is 5.75 Å². The van der Waals surface area contributed by atoms with Crippen LogP contribution in [0, 0.1) is 0 Å². The lowest BCUT2D eigenvalue weighted by atomic mass is 10.00. The van der Waals surface area contributed by atoms with E-state index in [1.165, 1.54) is 21.6 Å². The van der Waals surface area contributed by atoms with Crippen LogP contribution in [0.15, 0.2) is 76.7 Å². The highest BCUT2D eigenvalue weighted by Crippen LogP contribution is 2.24. The number of hydrogen-bond donors (Lipinski definition) is 10. The molecule has 0 aliphatic carbocycles. The van der Waals surface area contributed by atoms with Crippen molar-refractivity contribution in [1.82, 2.24) is 26.6 Å². The number of phenols is 1. The summed E-state index contributed by atoms with van der Waals surface area (Å²) < 4.78 is 0. The Balaban J connectivity index is 1.59. The normalized spacial score (nSPS) is 19.6. The summed E-state index contributed by atoms with van der Waals surface area (Å²) in [5.74, 6) is -1.42. The van der Waals surface area contributed by atoms with Gasteiger partial charge >= 0.3 is 0 Å². The number of nitrogens with one attached hydrogen (secondary N) is 5. The van der Waals surface area contributed by atoms with Crippen molar-refractivity contribution in [2.75, 3.05) is 37.7 Å². The molecule has 1 fully saturated rings. The highest BCUT2D eigenvalue weighted by Gasteiger charge is 2.32. The predicted octanol–water partition coefficient (Wildman–Crippen LogP) is -0.0285. The summed E-state index contributed by atoms with van der Waals surface area (Å²) in [4.78, 5) is 63.5. The Bertz CT molecular complexity index is 1800. The molecular weight excluding hydrogens is 743 g/mol. The number of carbonyl (C=O) groups is 4. The molecule has 0 spiro atoms. The van der Waals surface area contributed by atoms with Crippen LogP contribution in [0.4, 0.5) is 0 Å². The zero-order chi connectivity index (χ0) is 39.6. The topological polar surface area (TPSA) is 277 Å². The minimum atomic E-state index is -1.09. The van der Waals surface area contributed by atoms with Crippen LogP contribution in [0.2, 0.25) is 0 Å². The fourth-order valence-electron chi connectivity index (χ4n) is 5.72. The summed E-state index contributed by atoms with van der Waals surface area (Å²) in [6.45, 7) is 1.30. The van der Waals surface area contributed by atoms with Gasteiger partial charge in [-0.05, 0) is 66.3 Å². The molecule has 0 aromatic heterocycles. The lowest BCUT2D eigenvalue weighted by Gasteiger charge is -2.27. The Labute approximate surface area is 328 Å². The molecule has 1 aliphatic heterocycles. The molecule has 14 N–H and O–H groups in total. The Morgan fingerprint density at radius 1 is 0.745 bits per heavy atom. The molecule has 0 radical (unpaired) electrons. The lowest BCUT2D eigenvalue weighted by Crippen LogP contribution is -2.59. The van der Waals surface area contributed by atoms with Crippen molar-refractivity contribution in [3.63, 3.8) is 0 Å². The molecule has 3 aromatic rings. The third-order valence-electron chi connectivity index (χ3n) is 8.64. The second-order valence-corrected chi connectivity index (χ2v) is 15.5. The average Bonchev–Trinajstić information content (AvgIpc) is 3.15. The van der Waals surface area contributed by atoms with Crippen LogP contribution in [-0.2, 0) is 32.0 Å². The van der Waals surface area contributed by atoms with Gasteiger partial charge < -0.3 is 54.6 Å². The molecule has 1 aliphatic rings. The highest BCUT2D eigenvalue weighted by molar-refractivity contribution is 8.76. The zero-order valence-electron chi connectivity index (χ0n) is 30.5. The molecule has 1 heterocycles. The predicted molar refractivity (Wildman–Crippen MR) is 220 cm³/mol. The number of aliphatic imine (C=N–C) groups is 2. The van der Waals surface area contributed by atoms with Gasteiger partial charge in [0.15, 0.2) is 11.9 Å². The van der Waals surface area contributed by atoms with E-state index in [2.05, 4.69) is 36.6 Å². The van der Waals surface area contributed by atoms with Gasteiger partial charge in [0.1, 0.15) is 23.9 Å². The Hall–Kier alpha value is -5.20. The van der Waals surface area contributed by atoms with Crippen molar-refractivity contribution >= 4 is 67.9 Å². The SMILES string of the molecule is NC(N)=NCCCN[C@H]1CSSC[C@H](C(=O)NCCc2ccc(O)cc2)NC(=O)[C@H](Cc2ccc3ccccc3c2)NC(=O)[C@H](CCCN=C(N)N)NC1=O. The van der Waals surface area contributed by atoms with E-state index in [0.717, 1.165) is 21.9 Å². The first-order chi connectivity index (χ1) is 26.5. The standard InChI is InChI=1S/C37H51N11O5S2/c38-36(39)44-15-3-7-28-33(51)47-29(20-24-8-11-25-5-1-2-6-26(25)19-24)34(52)48-31(32(50)43-18-14-23-9-12-27(49)13-10-23)22-55-54-21-30(35(53)46-28)42-16-4-17-45-37(40)41/h1-2,5-6,8-13,19,28-31,42,49H,3-4,7,14-18,20-22H2,(H,43,50)(H,46,53)(H,47,51)(H,48,52)(H4,38,39,44)(H4,40,41,45)/t28-,29-,30-,31+/m0/s1. The molecule has 0 bridgehead atoms. The molecule has 0 saturated carbocycles. The Morgan fingerprint density at radius 2 is 1.38 bits per heavy atom. The first kappa shape index (κ1) is 42.5. The highest BCUT2D eigenvalue weighted by atomic mass is 33.1. The van der Waals surface area contributed by atoms with Crippen LogP contribution >= 0.6 is 21.6 Å². The van der Waals surface area contributed by atoms with Crippen LogP contribution in [0.25, 0.3) is 10.8 Å². The second-order valence-electron chi connectivity index (χ2n) is 13.0. The summed E-state index contributed by atoms with van der Waals surface area (Å²) in [7, 11) is 2.70. The van der Waals surface area contributed by atoms with E-state index in [4.69, 9.17) is 22.9 Å². The van der Waals surface area contributed by atoms with Gasteiger partial charge in [0.2, 0.25) is 23.6 Å². The quantitative estimate of drug-likeness (QED) is 0.0421. The van der Waals surface area contributed by atoms with E-state index in [1.54, 1.807) is 24.3 Å². The van der Waals surface area contributed by atoms with Crippen molar-refractivity contribution < 1.29 is 24.3 Å². The number of rotatable bonds is 15. The maximum atomic E-state index is 14.1. The fraction of sp³-hybridized carbons (Fsp3) is 0.405. The van der Waals surface area contributed by atoms with E-state index in [0.29, 0.717) is 38.9 Å². The van der Waals surface area contributed by atoms with Crippen molar-refractivity contribution in [1.29, 1.82) is 0 Å². The van der Waals surface area contributed by atoms with Crippen molar-refractivity contribution in [2.24, 2.45) is 32.9 Å². The minimum Gasteiger partial charge on any atom is -0.508 e. The summed E-state index contributed by atoms with van der Waals surface area (Å²) >= 11 is 0. The largest absolute Gasteiger partial charge is 0.508 e. The van der Waals surface area contributed by atoms with Gasteiger partial charge in [0.05, 0.1) is 6.04 Å².